The summed E-state index contributed by atoms with van der Waals surface area (Å²) in [5.74, 6) is 0.136. The molecule has 1 amide bonds. The largest absolute Gasteiger partial charge is 0.353 e. The number of piperazine rings is 1. The maximum absolute atomic E-state index is 11.8. The van der Waals surface area contributed by atoms with Crippen molar-refractivity contribution in [3.8, 4) is 0 Å². The zero-order valence-electron chi connectivity index (χ0n) is 10.4. The molecule has 1 fully saturated rings. The maximum atomic E-state index is 11.8. The summed E-state index contributed by atoms with van der Waals surface area (Å²) in [4.78, 5) is 14.1. The van der Waals surface area contributed by atoms with E-state index in [0.29, 0.717) is 12.6 Å². The Kier molecular flexibility index (Phi) is 3.73. The van der Waals surface area contributed by atoms with Crippen molar-refractivity contribution < 1.29 is 4.79 Å². The monoisotopic (exact) mass is 213 g/mol. The van der Waals surface area contributed by atoms with Crippen LogP contribution in [0.25, 0.3) is 0 Å². The molecule has 1 heterocycles. The predicted molar refractivity (Wildman–Crippen MR) is 61.8 cm³/mol. The summed E-state index contributed by atoms with van der Waals surface area (Å²) < 4.78 is 0. The molecule has 1 aliphatic rings. The smallest absolute Gasteiger partial charge is 0.238 e. The van der Waals surface area contributed by atoms with Crippen LogP contribution >= 0.6 is 0 Å². The number of carbonyl (C=O) groups is 1. The van der Waals surface area contributed by atoms with Crippen LogP contribution in [0.2, 0.25) is 0 Å². The average molecular weight is 213 g/mol. The normalized spacial score (nSPS) is 26.8. The molecule has 15 heavy (non-hydrogen) atoms. The number of amides is 1. The lowest BCUT2D eigenvalue weighted by Crippen LogP contribution is -2.69. The van der Waals surface area contributed by atoms with E-state index in [2.05, 4.69) is 43.2 Å². The molecule has 2 N–H and O–H groups in total. The molecule has 1 rings (SSSR count). The Labute approximate surface area is 92.4 Å². The van der Waals surface area contributed by atoms with Gasteiger partial charge in [0.25, 0.3) is 0 Å². The first-order valence-corrected chi connectivity index (χ1v) is 5.61. The van der Waals surface area contributed by atoms with Gasteiger partial charge < -0.3 is 10.6 Å². The average Bonchev–Trinajstić information content (AvgIpc) is 2.11. The molecule has 4 nitrogen and oxygen atoms in total. The highest BCUT2D eigenvalue weighted by atomic mass is 16.2. The third-order valence-corrected chi connectivity index (χ3v) is 2.99. The minimum Gasteiger partial charge on any atom is -0.353 e. The Balaban J connectivity index is 2.90. The molecular formula is C11H23N3O. The summed E-state index contributed by atoms with van der Waals surface area (Å²) in [5, 5.41) is 6.06. The number of hydrogen-bond acceptors (Lipinski definition) is 3. The molecular weight excluding hydrogens is 190 g/mol. The van der Waals surface area contributed by atoms with Gasteiger partial charge in [-0.25, -0.2) is 0 Å². The van der Waals surface area contributed by atoms with Gasteiger partial charge in [-0.1, -0.05) is 0 Å². The molecule has 88 valence electrons. The van der Waals surface area contributed by atoms with Crippen molar-refractivity contribution in [2.75, 3.05) is 20.1 Å². The van der Waals surface area contributed by atoms with Gasteiger partial charge in [0.05, 0.1) is 0 Å². The van der Waals surface area contributed by atoms with Crippen molar-refractivity contribution in [2.45, 2.75) is 45.3 Å². The van der Waals surface area contributed by atoms with Crippen molar-refractivity contribution >= 4 is 5.91 Å². The second-order valence-electron chi connectivity index (χ2n) is 5.10. The van der Waals surface area contributed by atoms with E-state index >= 15 is 0 Å². The lowest BCUT2D eigenvalue weighted by molar-refractivity contribution is -0.135. The second kappa shape index (κ2) is 4.49. The molecule has 0 aliphatic carbocycles. The molecule has 0 aromatic carbocycles. The molecule has 0 saturated carbocycles. The molecule has 4 heteroatoms. The number of likely N-dealkylation sites (N-methyl/N-ethyl adjacent to an activating group) is 1. The predicted octanol–water partition coefficient (Wildman–Crippen LogP) is 0.193. The number of nitrogens with zero attached hydrogens (tertiary/aromatic N) is 1. The molecule has 0 bridgehead atoms. The Morgan fingerprint density at radius 3 is 2.67 bits per heavy atom. The van der Waals surface area contributed by atoms with Crippen LogP contribution in [0, 0.1) is 0 Å². The Morgan fingerprint density at radius 1 is 1.60 bits per heavy atom. The Bertz CT molecular complexity index is 238. The van der Waals surface area contributed by atoms with Gasteiger partial charge in [-0.05, 0) is 34.7 Å². The van der Waals surface area contributed by atoms with Crippen LogP contribution in [0.5, 0.6) is 0 Å². The topological polar surface area (TPSA) is 44.4 Å². The summed E-state index contributed by atoms with van der Waals surface area (Å²) in [6.45, 7) is 10.1. The molecule has 0 aromatic heterocycles. The first kappa shape index (κ1) is 12.5. The minimum absolute atomic E-state index is 0.0313. The van der Waals surface area contributed by atoms with E-state index in [1.807, 2.05) is 7.05 Å². The molecule has 1 saturated heterocycles. The summed E-state index contributed by atoms with van der Waals surface area (Å²) in [6, 6.07) is 0.322. The van der Waals surface area contributed by atoms with E-state index in [-0.39, 0.29) is 17.5 Å². The number of rotatable bonds is 3. The van der Waals surface area contributed by atoms with Crippen LogP contribution < -0.4 is 10.6 Å². The fourth-order valence-corrected chi connectivity index (χ4v) is 2.50. The third kappa shape index (κ3) is 2.49. The van der Waals surface area contributed by atoms with Gasteiger partial charge in [0.15, 0.2) is 0 Å². The van der Waals surface area contributed by atoms with Crippen molar-refractivity contribution in [3.05, 3.63) is 0 Å². The van der Waals surface area contributed by atoms with Crippen LogP contribution in [0.3, 0.4) is 0 Å². The van der Waals surface area contributed by atoms with Gasteiger partial charge in [0.2, 0.25) is 5.91 Å². The standard InChI is InChI=1S/C11H23N3O/c1-8(2)14-9(6-12-5)10(15)13-7-11(14,3)4/h8-9,12H,6-7H2,1-5H3,(H,13,15). The highest BCUT2D eigenvalue weighted by molar-refractivity contribution is 5.83. The Morgan fingerprint density at radius 2 is 2.20 bits per heavy atom. The molecule has 1 atom stereocenters. The first-order valence-electron chi connectivity index (χ1n) is 5.61. The van der Waals surface area contributed by atoms with Crippen molar-refractivity contribution in [3.63, 3.8) is 0 Å². The number of hydrogen-bond donors (Lipinski definition) is 2. The SMILES string of the molecule is CNCC1C(=O)NCC(C)(C)N1C(C)C. The van der Waals surface area contributed by atoms with Gasteiger partial charge >= 0.3 is 0 Å². The molecule has 0 aromatic rings. The van der Waals surface area contributed by atoms with E-state index in [9.17, 15) is 4.79 Å². The van der Waals surface area contributed by atoms with Crippen LogP contribution in [0.4, 0.5) is 0 Å². The van der Waals surface area contributed by atoms with Gasteiger partial charge in [0, 0.05) is 24.7 Å². The Hall–Kier alpha value is -0.610. The van der Waals surface area contributed by atoms with Crippen molar-refractivity contribution in [2.24, 2.45) is 0 Å². The van der Waals surface area contributed by atoms with E-state index in [1.165, 1.54) is 0 Å². The van der Waals surface area contributed by atoms with E-state index in [4.69, 9.17) is 0 Å². The van der Waals surface area contributed by atoms with Crippen LogP contribution in [-0.4, -0.2) is 48.6 Å². The van der Waals surface area contributed by atoms with E-state index < -0.39 is 0 Å². The van der Waals surface area contributed by atoms with Gasteiger partial charge in [-0.3, -0.25) is 9.69 Å². The van der Waals surface area contributed by atoms with Gasteiger partial charge in [-0.15, -0.1) is 0 Å². The summed E-state index contributed by atoms with van der Waals surface area (Å²) in [6.07, 6.45) is 0. The summed E-state index contributed by atoms with van der Waals surface area (Å²) in [7, 11) is 1.88. The first-order chi connectivity index (χ1) is 6.90. The van der Waals surface area contributed by atoms with Crippen LogP contribution in [0.15, 0.2) is 0 Å². The molecule has 0 spiro atoms. The van der Waals surface area contributed by atoms with Crippen molar-refractivity contribution in [1.29, 1.82) is 0 Å². The molecule has 1 aliphatic heterocycles. The fraction of sp³-hybridized carbons (Fsp3) is 0.909. The highest BCUT2D eigenvalue weighted by Crippen LogP contribution is 2.23. The fourth-order valence-electron chi connectivity index (χ4n) is 2.50. The number of carbonyl (C=O) groups excluding carboxylic acids is 1. The van der Waals surface area contributed by atoms with Gasteiger partial charge in [-0.2, -0.15) is 0 Å². The maximum Gasteiger partial charge on any atom is 0.238 e. The zero-order valence-corrected chi connectivity index (χ0v) is 10.4. The van der Waals surface area contributed by atoms with Crippen molar-refractivity contribution in [1.82, 2.24) is 15.5 Å². The van der Waals surface area contributed by atoms with Crippen LogP contribution in [-0.2, 0) is 4.79 Å². The quantitative estimate of drug-likeness (QED) is 0.703. The second-order valence-corrected chi connectivity index (χ2v) is 5.10. The van der Waals surface area contributed by atoms with Crippen LogP contribution in [0.1, 0.15) is 27.7 Å². The summed E-state index contributed by atoms with van der Waals surface area (Å²) >= 11 is 0. The van der Waals surface area contributed by atoms with E-state index in [1.54, 1.807) is 0 Å². The lowest BCUT2D eigenvalue weighted by atomic mass is 9.93. The number of nitrogens with one attached hydrogen (secondary N) is 2. The van der Waals surface area contributed by atoms with Gasteiger partial charge in [0.1, 0.15) is 6.04 Å². The minimum atomic E-state index is -0.0567. The zero-order chi connectivity index (χ0) is 11.6. The summed E-state index contributed by atoms with van der Waals surface area (Å²) in [5.41, 5.74) is 0.0313. The third-order valence-electron chi connectivity index (χ3n) is 2.99. The molecule has 0 radical (unpaired) electrons. The molecule has 1 unspecified atom stereocenters. The lowest BCUT2D eigenvalue weighted by Gasteiger charge is -2.49. The van der Waals surface area contributed by atoms with E-state index in [0.717, 1.165) is 6.54 Å². The highest BCUT2D eigenvalue weighted by Gasteiger charge is 2.41.